The number of amidine groups is 1. The van der Waals surface area contributed by atoms with E-state index in [1.165, 1.54) is 140 Å². The summed E-state index contributed by atoms with van der Waals surface area (Å²) < 4.78 is 7.38. The molecule has 2 saturated carbocycles. The Hall–Kier alpha value is -3.50. The Balaban J connectivity index is 1.39. The fourth-order valence-electron chi connectivity index (χ4n) is 11.9. The van der Waals surface area contributed by atoms with Crippen molar-refractivity contribution in [1.29, 1.82) is 0 Å². The van der Waals surface area contributed by atoms with E-state index >= 15 is 0 Å². The molecule has 3 aromatic carbocycles. The summed E-state index contributed by atoms with van der Waals surface area (Å²) in [6, 6.07) is 21.0. The molecule has 5 aliphatic rings. The van der Waals surface area contributed by atoms with Gasteiger partial charge in [0.05, 0.1) is 16.9 Å². The van der Waals surface area contributed by atoms with Crippen LogP contribution in [0.15, 0.2) is 48.5 Å². The highest BCUT2D eigenvalue weighted by atomic mass is 32.1. The minimum Gasteiger partial charge on any atom is -0.155 e. The van der Waals surface area contributed by atoms with Gasteiger partial charge in [0.15, 0.2) is 0 Å². The van der Waals surface area contributed by atoms with Crippen molar-refractivity contribution in [2.24, 2.45) is 5.92 Å². The maximum absolute atomic E-state index is 3.04. The van der Waals surface area contributed by atoms with Crippen LogP contribution in [0.4, 0.5) is 0 Å². The van der Waals surface area contributed by atoms with Crippen molar-refractivity contribution in [2.75, 3.05) is 0 Å². The number of fused-ring (bicyclic) bond motifs is 13. The van der Waals surface area contributed by atoms with Crippen molar-refractivity contribution >= 4 is 38.2 Å². The molecule has 0 saturated heterocycles. The van der Waals surface area contributed by atoms with Crippen molar-refractivity contribution in [1.82, 2.24) is 4.90 Å². The molecule has 10 rings (SSSR count). The highest BCUT2D eigenvalue weighted by Crippen LogP contribution is 2.62. The van der Waals surface area contributed by atoms with Gasteiger partial charge < -0.3 is 0 Å². The lowest BCUT2D eigenvalue weighted by atomic mass is 9.79. The van der Waals surface area contributed by atoms with Crippen LogP contribution in [-0.4, -0.2) is 27.4 Å². The average molecular weight is 694 g/mol. The summed E-state index contributed by atoms with van der Waals surface area (Å²) >= 11 is 2.04. The van der Waals surface area contributed by atoms with Crippen LogP contribution in [0.1, 0.15) is 131 Å². The predicted octanol–water partition coefficient (Wildman–Crippen LogP) is 11.6. The summed E-state index contributed by atoms with van der Waals surface area (Å²) in [4.78, 5) is 4.55. The molecule has 3 nitrogen and oxygen atoms in total. The number of aromatic nitrogens is 1. The highest BCUT2D eigenvalue weighted by Gasteiger charge is 2.78. The molecule has 1 unspecified atom stereocenters. The fraction of sp³-hybridized carbons (Fsp3) is 0.489. The van der Waals surface area contributed by atoms with Gasteiger partial charge in [-0.3, -0.25) is 0 Å². The fourth-order valence-corrected chi connectivity index (χ4v) is 13.3. The molecule has 0 N–H and O–H groups in total. The van der Waals surface area contributed by atoms with Gasteiger partial charge in [0.2, 0.25) is 11.2 Å². The topological polar surface area (TPSA) is 10.1 Å². The first-order chi connectivity index (χ1) is 24.5. The molecule has 0 radical (unpaired) electrons. The molecule has 1 spiro atoms. The number of thiophene rings is 1. The lowest BCUT2D eigenvalue weighted by molar-refractivity contribution is -0.957. The molecule has 2 aliphatic heterocycles. The van der Waals surface area contributed by atoms with Crippen LogP contribution in [0.2, 0.25) is 0 Å². The number of hydrogen-bond donors (Lipinski definition) is 0. The molecule has 4 heteroatoms. The maximum atomic E-state index is 3.04. The van der Waals surface area contributed by atoms with E-state index in [1.54, 1.807) is 11.4 Å². The van der Waals surface area contributed by atoms with Gasteiger partial charge in [-0.05, 0) is 124 Å². The molecule has 0 amide bonds. The Morgan fingerprint density at radius 3 is 2.16 bits per heavy atom. The van der Waals surface area contributed by atoms with Gasteiger partial charge in [-0.1, -0.05) is 70.4 Å². The van der Waals surface area contributed by atoms with E-state index in [0.29, 0.717) is 18.0 Å². The largest absolute Gasteiger partial charge is 0.479 e. The monoisotopic (exact) mass is 693 g/mol. The van der Waals surface area contributed by atoms with Crippen LogP contribution in [0.25, 0.3) is 42.7 Å². The zero-order valence-corrected chi connectivity index (χ0v) is 33.0. The van der Waals surface area contributed by atoms with Gasteiger partial charge in [-0.25, -0.2) is 0 Å². The first-order valence-electron chi connectivity index (χ1n) is 20.2. The van der Waals surface area contributed by atoms with E-state index < -0.39 is 0 Å². The van der Waals surface area contributed by atoms with Gasteiger partial charge in [0.1, 0.15) is 17.6 Å². The first-order valence-corrected chi connectivity index (χ1v) is 21.0. The lowest BCUT2D eigenvalue weighted by Gasteiger charge is -2.50. The zero-order valence-electron chi connectivity index (χ0n) is 32.2. The van der Waals surface area contributed by atoms with Crippen molar-refractivity contribution in [3.05, 3.63) is 87.5 Å². The molecule has 5 aromatic rings. The van der Waals surface area contributed by atoms with Gasteiger partial charge in [-0.15, -0.1) is 15.9 Å². The van der Waals surface area contributed by atoms with Crippen LogP contribution in [-0.2, 0) is 11.2 Å². The van der Waals surface area contributed by atoms with E-state index in [1.807, 2.05) is 11.3 Å². The second kappa shape index (κ2) is 11.0. The number of hydrogen-bond acceptors (Lipinski definition) is 2. The predicted molar refractivity (Wildman–Crippen MR) is 214 cm³/mol. The van der Waals surface area contributed by atoms with E-state index in [9.17, 15) is 0 Å². The van der Waals surface area contributed by atoms with Crippen LogP contribution in [0, 0.1) is 33.6 Å². The van der Waals surface area contributed by atoms with Crippen LogP contribution >= 0.6 is 11.3 Å². The number of rotatable bonds is 3. The summed E-state index contributed by atoms with van der Waals surface area (Å²) in [7, 11) is 0. The Labute approximate surface area is 309 Å². The van der Waals surface area contributed by atoms with E-state index in [0.717, 1.165) is 0 Å². The quantitative estimate of drug-likeness (QED) is 0.171. The smallest absolute Gasteiger partial charge is 0.155 e. The molecular formula is C47H55N3S+2. The molecule has 1 atom stereocenters. The van der Waals surface area contributed by atoms with E-state index in [-0.39, 0.29) is 11.2 Å². The van der Waals surface area contributed by atoms with Crippen LogP contribution < -0.4 is 4.57 Å². The standard InChI is InChI=1S/C47H55N3S/c1-27(2)45-48(32-15-11-9-12-16-32)47(49(45)33-17-13-10-14-18-33)36-21-20-35-42(44-43(46(35,7)8)34-24-28(3)19-22-39(34)51-44)41(36)38-26-31(6)40-30(5)23-29(4)25-37(40)50(38)47/h19-27,32-33H,9-18H2,1-8H3/q+2. The summed E-state index contributed by atoms with van der Waals surface area (Å²) in [5.41, 5.74) is 15.9. The summed E-state index contributed by atoms with van der Waals surface area (Å²) in [6.07, 6.45) is 13.3. The third-order valence-electron chi connectivity index (χ3n) is 13.8. The minimum atomic E-state index is -0.365. The number of pyridine rings is 1. The van der Waals surface area contributed by atoms with Gasteiger partial charge in [0, 0.05) is 32.7 Å². The third kappa shape index (κ3) is 4.07. The SMILES string of the molecule is Cc1ccc2sc3c(c2c1)C(C)(C)c1ccc2c(c1-3)-c1cc(C)c3c(C)cc(C)cc3[n+]1C21N(C2CCCCC2)C(C(C)C)=[N+]1C1CCCCC1. The zero-order chi connectivity index (χ0) is 35.1. The Kier molecular flexibility index (Phi) is 6.95. The lowest BCUT2D eigenvalue weighted by Crippen LogP contribution is -2.84. The summed E-state index contributed by atoms with van der Waals surface area (Å²) in [5, 5.41) is 2.90. The minimum absolute atomic E-state index is 0.0632. The Bertz CT molecular complexity index is 2340. The Morgan fingerprint density at radius 2 is 1.43 bits per heavy atom. The summed E-state index contributed by atoms with van der Waals surface area (Å²) in [5.74, 6) is 1.71. The molecule has 2 fully saturated rings. The van der Waals surface area contributed by atoms with Gasteiger partial charge in [0.25, 0.3) is 5.84 Å². The molecule has 3 aliphatic carbocycles. The first kappa shape index (κ1) is 32.2. The van der Waals surface area contributed by atoms with Crippen molar-refractivity contribution in [2.45, 2.75) is 143 Å². The van der Waals surface area contributed by atoms with Crippen molar-refractivity contribution in [3.8, 4) is 21.7 Å². The second-order valence-corrected chi connectivity index (χ2v) is 18.9. The van der Waals surface area contributed by atoms with Gasteiger partial charge in [-0.2, -0.15) is 9.48 Å². The van der Waals surface area contributed by atoms with E-state index in [4.69, 9.17) is 0 Å². The number of benzene rings is 3. The van der Waals surface area contributed by atoms with Gasteiger partial charge >= 0.3 is 5.79 Å². The van der Waals surface area contributed by atoms with Crippen molar-refractivity contribution in [3.63, 3.8) is 0 Å². The average Bonchev–Trinajstić information content (AvgIpc) is 3.69. The van der Waals surface area contributed by atoms with Crippen LogP contribution in [0.5, 0.6) is 0 Å². The highest BCUT2D eigenvalue weighted by molar-refractivity contribution is 7.22. The molecule has 0 bridgehead atoms. The van der Waals surface area contributed by atoms with Crippen LogP contribution in [0.3, 0.4) is 0 Å². The third-order valence-corrected chi connectivity index (χ3v) is 14.9. The van der Waals surface area contributed by atoms with Crippen molar-refractivity contribution < 1.29 is 9.14 Å². The molecule has 262 valence electrons. The van der Waals surface area contributed by atoms with E-state index in [2.05, 4.69) is 118 Å². The Morgan fingerprint density at radius 1 is 0.745 bits per heavy atom. The second-order valence-electron chi connectivity index (χ2n) is 17.8. The molecular weight excluding hydrogens is 639 g/mol. The number of nitrogens with zero attached hydrogens (tertiary/aromatic N) is 3. The number of aryl methyl sites for hydroxylation is 4. The molecule has 2 aromatic heterocycles. The molecule has 51 heavy (non-hydrogen) atoms. The maximum Gasteiger partial charge on any atom is 0.479 e. The summed E-state index contributed by atoms with van der Waals surface area (Å²) in [6.45, 7) is 19.2. The normalized spacial score (nSPS) is 22.6. The molecule has 4 heterocycles.